The maximum atomic E-state index is 2.63. The molecule has 0 N–H and O–H groups in total. The van der Waals surface area contributed by atoms with Crippen LogP contribution in [0, 0.1) is 5.92 Å². The minimum absolute atomic E-state index is 0.0458. The van der Waals surface area contributed by atoms with Crippen LogP contribution in [0.4, 0.5) is 11.4 Å². The molecule has 0 aliphatic heterocycles. The summed E-state index contributed by atoms with van der Waals surface area (Å²) in [5, 5.41) is 7.54. The summed E-state index contributed by atoms with van der Waals surface area (Å²) in [6, 6.07) is 62.9. The van der Waals surface area contributed by atoms with Crippen LogP contribution < -0.4 is 4.90 Å². The van der Waals surface area contributed by atoms with Crippen LogP contribution in [-0.4, -0.2) is 10.1 Å². The van der Waals surface area contributed by atoms with E-state index in [1.54, 1.807) is 0 Å². The topological polar surface area (TPSA) is 8.17 Å². The first kappa shape index (κ1) is 33.7. The van der Waals surface area contributed by atoms with E-state index in [1.165, 1.54) is 82.4 Å². The van der Waals surface area contributed by atoms with E-state index in [0.29, 0.717) is 0 Å². The Balaban J connectivity index is 1.11. The molecule has 57 heavy (non-hydrogen) atoms. The summed E-state index contributed by atoms with van der Waals surface area (Å²) in [5.74, 6) is 0.164. The average Bonchev–Trinajstić information content (AvgIpc) is 3.70. The van der Waals surface area contributed by atoms with E-state index in [9.17, 15) is 0 Å². The van der Waals surface area contributed by atoms with Crippen LogP contribution in [0.15, 0.2) is 188 Å². The van der Waals surface area contributed by atoms with Gasteiger partial charge < -0.3 is 9.47 Å². The normalized spacial score (nSPS) is 18.2. The molecule has 9 aromatic rings. The van der Waals surface area contributed by atoms with Crippen LogP contribution >= 0.6 is 0 Å². The molecule has 0 unspecified atom stereocenters. The Morgan fingerprint density at radius 1 is 0.526 bits per heavy atom. The first-order chi connectivity index (χ1) is 27.8. The maximum Gasteiger partial charge on any atom is 0.0668 e. The number of fused-ring (bicyclic) bond motifs is 9. The molecule has 0 bridgehead atoms. The van der Waals surface area contributed by atoms with Gasteiger partial charge in [0.25, 0.3) is 0 Å². The zero-order chi connectivity index (χ0) is 38.5. The first-order valence-corrected chi connectivity index (χ1v) is 20.3. The molecule has 1 aromatic heterocycles. The van der Waals surface area contributed by atoms with Crippen LogP contribution in [0.3, 0.4) is 0 Å². The number of hydrogen-bond donors (Lipinski definition) is 0. The van der Waals surface area contributed by atoms with E-state index in [1.807, 2.05) is 0 Å². The summed E-state index contributed by atoms with van der Waals surface area (Å²) in [4.78, 5) is 2.63. The fourth-order valence-electron chi connectivity index (χ4n) is 10.1. The van der Waals surface area contributed by atoms with Crippen LogP contribution in [-0.2, 0) is 5.41 Å². The van der Waals surface area contributed by atoms with Crippen LogP contribution in [0.25, 0.3) is 65.7 Å². The van der Waals surface area contributed by atoms with Crippen molar-refractivity contribution in [3.8, 4) is 16.8 Å². The molecule has 0 saturated heterocycles. The highest BCUT2D eigenvalue weighted by atomic mass is 15.2. The van der Waals surface area contributed by atoms with E-state index in [4.69, 9.17) is 0 Å². The number of aromatic nitrogens is 1. The summed E-state index contributed by atoms with van der Waals surface area (Å²) in [6.07, 6.45) is 7.36. The number of allylic oxidation sites excluding steroid dienone is 2. The SMILES string of the molecule is C[C@H]1C=C(c2ccc3c(c2)C(C)(C)c2ccccc2-3)C=C[C@]1(C)N(c1ccc2c3ccccc3n(-c3ccccc3)c2c1)c1cc2ccccc2c2ccccc12. The lowest BCUT2D eigenvalue weighted by Gasteiger charge is -2.46. The largest absolute Gasteiger partial charge is 0.331 e. The van der Waals surface area contributed by atoms with Gasteiger partial charge in [0.1, 0.15) is 0 Å². The van der Waals surface area contributed by atoms with Gasteiger partial charge in [-0.25, -0.2) is 0 Å². The van der Waals surface area contributed by atoms with Crippen molar-refractivity contribution >= 4 is 60.3 Å². The molecule has 2 heteroatoms. The highest BCUT2D eigenvalue weighted by Crippen LogP contribution is 2.51. The van der Waals surface area contributed by atoms with Gasteiger partial charge in [-0.1, -0.05) is 166 Å². The van der Waals surface area contributed by atoms with E-state index in [0.717, 1.165) is 11.4 Å². The number of anilines is 2. The number of benzene rings is 8. The van der Waals surface area contributed by atoms with Crippen LogP contribution in [0.1, 0.15) is 44.4 Å². The molecule has 2 nitrogen and oxygen atoms in total. The Hall–Kier alpha value is -6.64. The van der Waals surface area contributed by atoms with Gasteiger partial charge in [0, 0.05) is 38.9 Å². The highest BCUT2D eigenvalue weighted by Gasteiger charge is 2.40. The Morgan fingerprint density at radius 3 is 2.02 bits per heavy atom. The Morgan fingerprint density at radius 2 is 1.19 bits per heavy atom. The summed E-state index contributed by atoms with van der Waals surface area (Å²) in [7, 11) is 0. The summed E-state index contributed by atoms with van der Waals surface area (Å²) >= 11 is 0. The molecule has 0 spiro atoms. The minimum Gasteiger partial charge on any atom is -0.331 e. The zero-order valence-corrected chi connectivity index (χ0v) is 32.9. The van der Waals surface area contributed by atoms with Gasteiger partial charge >= 0.3 is 0 Å². The standard InChI is InChI=1S/C55H44N2/c1-36-32-38(37-26-28-45-44-21-12-14-24-49(44)54(2,3)50(45)33-37)30-31-55(36,4)57(53-34-39-16-8-9-19-42(39)43-20-10-11-22-46(43)53)41-27-29-48-47-23-13-15-25-51(47)56(52(48)35-41)40-17-6-5-7-18-40/h5-36H,1-4H3/t36-,55-/m0/s1. The van der Waals surface area contributed by atoms with E-state index < -0.39 is 5.54 Å². The predicted molar refractivity (Wildman–Crippen MR) is 243 cm³/mol. The molecule has 0 fully saturated rings. The van der Waals surface area contributed by atoms with Crippen molar-refractivity contribution in [1.29, 1.82) is 0 Å². The second-order valence-corrected chi connectivity index (χ2v) is 16.8. The summed E-state index contributed by atoms with van der Waals surface area (Å²) < 4.78 is 2.43. The Bertz CT molecular complexity index is 3140. The van der Waals surface area contributed by atoms with Crippen LogP contribution in [0.2, 0.25) is 0 Å². The molecule has 2 aliphatic carbocycles. The van der Waals surface area contributed by atoms with Crippen molar-refractivity contribution in [2.75, 3.05) is 4.90 Å². The molecule has 11 rings (SSSR count). The van der Waals surface area contributed by atoms with Gasteiger partial charge in [-0.2, -0.15) is 0 Å². The molecule has 8 aromatic carbocycles. The van der Waals surface area contributed by atoms with Crippen molar-refractivity contribution in [3.05, 3.63) is 205 Å². The first-order valence-electron chi connectivity index (χ1n) is 20.3. The summed E-state index contributed by atoms with van der Waals surface area (Å²) in [5.41, 5.74) is 13.6. The lowest BCUT2D eigenvalue weighted by Crippen LogP contribution is -2.47. The smallest absolute Gasteiger partial charge is 0.0668 e. The molecular formula is C55H44N2. The minimum atomic E-state index is -0.405. The third-order valence-corrected chi connectivity index (χ3v) is 13.3. The zero-order valence-electron chi connectivity index (χ0n) is 32.9. The number of hydrogen-bond acceptors (Lipinski definition) is 1. The van der Waals surface area contributed by atoms with Crippen molar-refractivity contribution in [3.63, 3.8) is 0 Å². The predicted octanol–water partition coefficient (Wildman–Crippen LogP) is 14.6. The van der Waals surface area contributed by atoms with E-state index in [-0.39, 0.29) is 11.3 Å². The average molecular weight is 733 g/mol. The van der Waals surface area contributed by atoms with Gasteiger partial charge in [0.15, 0.2) is 0 Å². The number of rotatable bonds is 5. The molecule has 2 aliphatic rings. The number of para-hydroxylation sites is 2. The van der Waals surface area contributed by atoms with Gasteiger partial charge in [0.05, 0.1) is 22.3 Å². The fraction of sp³-hybridized carbons (Fsp3) is 0.127. The van der Waals surface area contributed by atoms with E-state index in [2.05, 4.69) is 225 Å². The highest BCUT2D eigenvalue weighted by molar-refractivity contribution is 6.15. The van der Waals surface area contributed by atoms with Crippen molar-refractivity contribution < 1.29 is 0 Å². The molecule has 2 atom stereocenters. The van der Waals surface area contributed by atoms with Crippen molar-refractivity contribution in [2.24, 2.45) is 5.92 Å². The Kier molecular flexibility index (Phi) is 7.35. The van der Waals surface area contributed by atoms with E-state index >= 15 is 0 Å². The molecular weight excluding hydrogens is 689 g/mol. The third kappa shape index (κ3) is 4.96. The fourth-order valence-corrected chi connectivity index (χ4v) is 10.1. The van der Waals surface area contributed by atoms with Gasteiger partial charge in [0.2, 0.25) is 0 Å². The molecule has 0 radical (unpaired) electrons. The monoisotopic (exact) mass is 732 g/mol. The van der Waals surface area contributed by atoms with Gasteiger partial charge in [-0.15, -0.1) is 0 Å². The van der Waals surface area contributed by atoms with Crippen molar-refractivity contribution in [2.45, 2.75) is 38.6 Å². The molecule has 274 valence electrons. The second-order valence-electron chi connectivity index (χ2n) is 16.8. The molecule has 1 heterocycles. The Labute approximate surface area is 334 Å². The van der Waals surface area contributed by atoms with Gasteiger partial charge in [-0.3, -0.25) is 0 Å². The number of nitrogens with zero attached hydrogens (tertiary/aromatic N) is 2. The lowest BCUT2D eigenvalue weighted by molar-refractivity contribution is 0.448. The quantitative estimate of drug-likeness (QED) is 0.160. The van der Waals surface area contributed by atoms with Crippen LogP contribution in [0.5, 0.6) is 0 Å². The lowest BCUT2D eigenvalue weighted by atomic mass is 9.76. The summed E-state index contributed by atoms with van der Waals surface area (Å²) in [6.45, 7) is 9.55. The molecule has 0 amide bonds. The van der Waals surface area contributed by atoms with Gasteiger partial charge in [-0.05, 0) is 98.9 Å². The second kappa shape index (κ2) is 12.4. The van der Waals surface area contributed by atoms with Crippen molar-refractivity contribution in [1.82, 2.24) is 4.57 Å². The maximum absolute atomic E-state index is 2.63. The molecule has 0 saturated carbocycles. The third-order valence-electron chi connectivity index (χ3n) is 13.3.